The number of allylic oxidation sites excluding steroid dienone is 1. The molecule has 1 heterocycles. The molecule has 4 aromatic carbocycles. The summed E-state index contributed by atoms with van der Waals surface area (Å²) in [5.74, 6) is -0.397. The molecule has 0 aromatic heterocycles. The second-order valence-corrected chi connectivity index (χ2v) is 10.3. The zero-order chi connectivity index (χ0) is 31.4. The highest BCUT2D eigenvalue weighted by atomic mass is 35.5. The zero-order valence-electron chi connectivity index (χ0n) is 23.1. The predicted octanol–water partition coefficient (Wildman–Crippen LogP) is 7.32. The van der Waals surface area contributed by atoms with Crippen LogP contribution in [-0.2, 0) is 6.61 Å². The molecule has 222 valence electrons. The average Bonchev–Trinajstić information content (AvgIpc) is 3.00. The third-order valence-corrected chi connectivity index (χ3v) is 7.42. The van der Waals surface area contributed by atoms with Crippen LogP contribution in [0, 0.1) is 21.4 Å². The first-order valence-corrected chi connectivity index (χ1v) is 14.0. The molecule has 1 unspecified atom stereocenters. The summed E-state index contributed by atoms with van der Waals surface area (Å²) >= 11 is 12.4. The molecular formula is C32H23Cl2N3O7. The molecule has 0 fully saturated rings. The molecule has 0 amide bonds. The van der Waals surface area contributed by atoms with Gasteiger partial charge in [0.25, 0.3) is 5.69 Å². The Labute approximate surface area is 261 Å². The molecule has 1 aliphatic rings. The maximum absolute atomic E-state index is 12.8. The highest BCUT2D eigenvalue weighted by Crippen LogP contribution is 2.45. The van der Waals surface area contributed by atoms with Crippen LogP contribution in [0.2, 0.25) is 10.0 Å². The number of hydrogen-bond acceptors (Lipinski definition) is 9. The van der Waals surface area contributed by atoms with Crippen LogP contribution in [-0.4, -0.2) is 17.5 Å². The van der Waals surface area contributed by atoms with Crippen molar-refractivity contribution >= 4 is 34.9 Å². The fourth-order valence-corrected chi connectivity index (χ4v) is 5.04. The van der Waals surface area contributed by atoms with Gasteiger partial charge in [0.05, 0.1) is 28.0 Å². The number of esters is 1. The van der Waals surface area contributed by atoms with Crippen LogP contribution in [0.1, 0.15) is 39.9 Å². The molecule has 0 radical (unpaired) electrons. The van der Waals surface area contributed by atoms with Gasteiger partial charge in [-0.1, -0.05) is 53.5 Å². The van der Waals surface area contributed by atoms with Gasteiger partial charge in [0.2, 0.25) is 5.88 Å². The molecule has 4 aromatic rings. The lowest BCUT2D eigenvalue weighted by Crippen LogP contribution is -2.21. The van der Waals surface area contributed by atoms with Crippen molar-refractivity contribution in [3.05, 3.63) is 133 Å². The van der Waals surface area contributed by atoms with Gasteiger partial charge in [-0.15, -0.1) is 0 Å². The first-order chi connectivity index (χ1) is 21.2. The summed E-state index contributed by atoms with van der Waals surface area (Å²) in [5, 5.41) is 21.7. The van der Waals surface area contributed by atoms with Gasteiger partial charge in [0.15, 0.2) is 11.5 Å². The smallest absolute Gasteiger partial charge is 0.345 e. The van der Waals surface area contributed by atoms with Crippen LogP contribution in [0.15, 0.2) is 90.3 Å². The van der Waals surface area contributed by atoms with Crippen molar-refractivity contribution in [2.75, 3.05) is 6.61 Å². The van der Waals surface area contributed by atoms with E-state index in [9.17, 15) is 20.2 Å². The number of nitriles is 1. The van der Waals surface area contributed by atoms with E-state index in [1.165, 1.54) is 24.3 Å². The van der Waals surface area contributed by atoms with E-state index >= 15 is 0 Å². The summed E-state index contributed by atoms with van der Waals surface area (Å²) in [5.41, 5.74) is 7.93. The number of carbonyl (C=O) groups is 1. The second-order valence-electron chi connectivity index (χ2n) is 9.45. The predicted molar refractivity (Wildman–Crippen MR) is 162 cm³/mol. The number of hydrogen-bond donors (Lipinski definition) is 1. The van der Waals surface area contributed by atoms with Gasteiger partial charge in [-0.05, 0) is 42.8 Å². The van der Waals surface area contributed by atoms with Crippen LogP contribution < -0.4 is 24.7 Å². The third kappa shape index (κ3) is 6.24. The topological polar surface area (TPSA) is 147 Å². The SMILES string of the molecule is CCOc1cc(C2C(C#N)=C(N)Oc3cc(OC(=O)c4cc([N+](=O)[O-])ccc4Cl)ccc32)ccc1OCc1ccccc1Cl. The average molecular weight is 632 g/mol. The molecule has 10 nitrogen and oxygen atoms in total. The van der Waals surface area contributed by atoms with Crippen LogP contribution in [0.25, 0.3) is 0 Å². The molecule has 2 N–H and O–H groups in total. The maximum Gasteiger partial charge on any atom is 0.345 e. The zero-order valence-corrected chi connectivity index (χ0v) is 24.6. The van der Waals surface area contributed by atoms with Crippen LogP contribution >= 0.6 is 23.2 Å². The number of nitro groups is 1. The number of carbonyl (C=O) groups excluding carboxylic acids is 1. The molecule has 5 rings (SSSR count). The minimum absolute atomic E-state index is 0.00916. The highest BCUT2D eigenvalue weighted by Gasteiger charge is 2.32. The van der Waals surface area contributed by atoms with E-state index < -0.39 is 16.8 Å². The Morgan fingerprint density at radius 3 is 2.55 bits per heavy atom. The van der Waals surface area contributed by atoms with E-state index in [0.717, 1.165) is 11.6 Å². The Kier molecular flexibility index (Phi) is 8.90. The number of nitrogens with zero attached hydrogens (tertiary/aromatic N) is 2. The van der Waals surface area contributed by atoms with Crippen LogP contribution in [0.4, 0.5) is 5.69 Å². The number of rotatable bonds is 9. The van der Waals surface area contributed by atoms with Crippen molar-refractivity contribution in [2.24, 2.45) is 5.73 Å². The Morgan fingerprint density at radius 1 is 1.02 bits per heavy atom. The largest absolute Gasteiger partial charge is 0.490 e. The molecule has 0 saturated carbocycles. The van der Waals surface area contributed by atoms with Gasteiger partial charge in [0, 0.05) is 34.3 Å². The monoisotopic (exact) mass is 631 g/mol. The fraction of sp³-hybridized carbons (Fsp3) is 0.125. The minimum atomic E-state index is -0.902. The van der Waals surface area contributed by atoms with Crippen molar-refractivity contribution < 1.29 is 28.7 Å². The van der Waals surface area contributed by atoms with Gasteiger partial charge in [-0.2, -0.15) is 5.26 Å². The first kappa shape index (κ1) is 30.2. The van der Waals surface area contributed by atoms with Crippen molar-refractivity contribution in [3.63, 3.8) is 0 Å². The second kappa shape index (κ2) is 13.0. The Balaban J connectivity index is 1.45. The number of non-ortho nitro benzene ring substituents is 1. The van der Waals surface area contributed by atoms with Gasteiger partial charge in [-0.3, -0.25) is 10.1 Å². The molecular weight excluding hydrogens is 609 g/mol. The number of ether oxygens (including phenoxy) is 4. The summed E-state index contributed by atoms with van der Waals surface area (Å²) in [4.78, 5) is 23.3. The van der Waals surface area contributed by atoms with Gasteiger partial charge in [-0.25, -0.2) is 4.79 Å². The molecule has 44 heavy (non-hydrogen) atoms. The highest BCUT2D eigenvalue weighted by molar-refractivity contribution is 6.33. The Bertz CT molecular complexity index is 1850. The Hall–Kier alpha value is -5.24. The third-order valence-electron chi connectivity index (χ3n) is 6.72. The van der Waals surface area contributed by atoms with E-state index in [4.69, 9.17) is 47.9 Å². The van der Waals surface area contributed by atoms with E-state index in [1.54, 1.807) is 30.3 Å². The van der Waals surface area contributed by atoms with Crippen molar-refractivity contribution in [2.45, 2.75) is 19.4 Å². The summed E-state index contributed by atoms with van der Waals surface area (Å²) in [6.07, 6.45) is 0. The van der Waals surface area contributed by atoms with Crippen molar-refractivity contribution in [3.8, 4) is 29.1 Å². The molecule has 0 spiro atoms. The number of nitro benzene ring substituents is 1. The number of fused-ring (bicyclic) bond motifs is 1. The summed E-state index contributed by atoms with van der Waals surface area (Å²) in [7, 11) is 0. The van der Waals surface area contributed by atoms with Crippen molar-refractivity contribution in [1.82, 2.24) is 0 Å². The summed E-state index contributed by atoms with van der Waals surface area (Å²) < 4.78 is 23.1. The van der Waals surface area contributed by atoms with Crippen LogP contribution in [0.5, 0.6) is 23.0 Å². The molecule has 1 atom stereocenters. The molecule has 0 aliphatic carbocycles. The lowest BCUT2D eigenvalue weighted by atomic mass is 9.83. The minimum Gasteiger partial charge on any atom is -0.490 e. The maximum atomic E-state index is 12.8. The molecule has 1 aliphatic heterocycles. The van der Waals surface area contributed by atoms with E-state index in [2.05, 4.69) is 6.07 Å². The number of halogens is 2. The molecule has 0 saturated heterocycles. The normalized spacial score (nSPS) is 13.7. The quantitative estimate of drug-likeness (QED) is 0.0868. The van der Waals surface area contributed by atoms with E-state index in [1.807, 2.05) is 25.1 Å². The van der Waals surface area contributed by atoms with Crippen LogP contribution in [0.3, 0.4) is 0 Å². The summed E-state index contributed by atoms with van der Waals surface area (Å²) in [6, 6.07) is 22.9. The van der Waals surface area contributed by atoms with Gasteiger partial charge in [0.1, 0.15) is 29.7 Å². The number of nitrogens with two attached hydrogens (primary N) is 1. The lowest BCUT2D eigenvalue weighted by Gasteiger charge is -2.27. The lowest BCUT2D eigenvalue weighted by molar-refractivity contribution is -0.384. The summed E-state index contributed by atoms with van der Waals surface area (Å²) in [6.45, 7) is 2.43. The van der Waals surface area contributed by atoms with Gasteiger partial charge < -0.3 is 24.7 Å². The standard InChI is InChI=1S/C32H23Cl2N3O7/c1-2-41-29-13-18(7-12-27(29)42-17-19-5-3-4-6-25(19)33)30-22-10-9-21(15-28(22)44-31(36)24(30)16-35)43-32(38)23-14-20(37(39)40)8-11-26(23)34/h3-15,30H,2,17,36H2,1H3. The number of benzene rings is 4. The first-order valence-electron chi connectivity index (χ1n) is 13.2. The van der Waals surface area contributed by atoms with E-state index in [-0.39, 0.29) is 45.8 Å². The molecule has 12 heteroatoms. The van der Waals surface area contributed by atoms with Gasteiger partial charge >= 0.3 is 5.97 Å². The fourth-order valence-electron chi connectivity index (χ4n) is 4.65. The Morgan fingerprint density at radius 2 is 1.82 bits per heavy atom. The van der Waals surface area contributed by atoms with E-state index in [0.29, 0.717) is 34.3 Å². The molecule has 0 bridgehead atoms. The van der Waals surface area contributed by atoms with Crippen molar-refractivity contribution in [1.29, 1.82) is 5.26 Å².